The third-order valence-electron chi connectivity index (χ3n) is 3.65. The lowest BCUT2D eigenvalue weighted by Gasteiger charge is -2.07. The minimum absolute atomic E-state index is 0.113. The first-order valence-corrected chi connectivity index (χ1v) is 8.60. The highest BCUT2D eigenvalue weighted by Gasteiger charge is 2.07. The topological polar surface area (TPSA) is 65.7 Å². The fraction of sp³-hybridized carbons (Fsp3) is 0.333. The number of benzene rings is 1. The molecule has 0 saturated carbocycles. The highest BCUT2D eigenvalue weighted by molar-refractivity contribution is 5.87. The Hall–Kier alpha value is -2.82. The minimum atomic E-state index is -0.509. The summed E-state index contributed by atoms with van der Waals surface area (Å²) in [5.41, 5.74) is 1.76. The van der Waals surface area contributed by atoms with Crippen LogP contribution in [0.3, 0.4) is 0 Å². The largest absolute Gasteiger partial charge is 0.487 e. The highest BCUT2D eigenvalue weighted by atomic mass is 16.5. The number of ether oxygens (including phenoxy) is 2. The number of rotatable bonds is 8. The Morgan fingerprint density at radius 2 is 1.96 bits per heavy atom. The second kappa shape index (κ2) is 9.61. The van der Waals surface area contributed by atoms with Crippen molar-refractivity contribution in [3.8, 4) is 5.75 Å². The molecule has 0 bridgehead atoms. The lowest BCUT2D eigenvalue weighted by atomic mass is 10.1. The van der Waals surface area contributed by atoms with Crippen molar-refractivity contribution in [3.05, 3.63) is 69.8 Å². The van der Waals surface area contributed by atoms with E-state index in [9.17, 15) is 9.59 Å². The maximum atomic E-state index is 12.0. The Balaban J connectivity index is 1.84. The molecular formula is C21H24O5. The second-order valence-corrected chi connectivity index (χ2v) is 6.46. The van der Waals surface area contributed by atoms with E-state index in [4.69, 9.17) is 13.9 Å². The summed E-state index contributed by atoms with van der Waals surface area (Å²) < 4.78 is 15.8. The van der Waals surface area contributed by atoms with Crippen LogP contribution in [-0.2, 0) is 16.1 Å². The summed E-state index contributed by atoms with van der Waals surface area (Å²) in [7, 11) is 0. The SMILES string of the molecule is Cc1ccc(/C=C/C(=O)OCc2cc(=O)c(OCCC(C)C)co2)cc1. The number of aryl methyl sites for hydroxylation is 1. The van der Waals surface area contributed by atoms with E-state index in [1.165, 1.54) is 18.4 Å². The van der Waals surface area contributed by atoms with Gasteiger partial charge in [-0.3, -0.25) is 4.79 Å². The van der Waals surface area contributed by atoms with Crippen molar-refractivity contribution < 1.29 is 18.7 Å². The maximum Gasteiger partial charge on any atom is 0.331 e. The maximum absolute atomic E-state index is 12.0. The predicted molar refractivity (Wildman–Crippen MR) is 99.9 cm³/mol. The van der Waals surface area contributed by atoms with Gasteiger partial charge in [-0.1, -0.05) is 43.7 Å². The van der Waals surface area contributed by atoms with Gasteiger partial charge in [0.05, 0.1) is 6.61 Å². The van der Waals surface area contributed by atoms with Crippen molar-refractivity contribution in [3.63, 3.8) is 0 Å². The summed E-state index contributed by atoms with van der Waals surface area (Å²) >= 11 is 0. The summed E-state index contributed by atoms with van der Waals surface area (Å²) in [4.78, 5) is 23.7. The first-order chi connectivity index (χ1) is 12.4. The standard InChI is InChI=1S/C21H24O5/c1-15(2)10-11-24-20-14-25-18(12-19(20)22)13-26-21(23)9-8-17-6-4-16(3)5-7-17/h4-9,12,14-15H,10-11,13H2,1-3H3/b9-8+. The molecule has 5 nitrogen and oxygen atoms in total. The van der Waals surface area contributed by atoms with Crippen LogP contribution in [0.2, 0.25) is 0 Å². The Bertz CT molecular complexity index is 800. The quantitative estimate of drug-likeness (QED) is 0.525. The number of carbonyl (C=O) groups is 1. The molecular weight excluding hydrogens is 332 g/mol. The van der Waals surface area contributed by atoms with Gasteiger partial charge < -0.3 is 13.9 Å². The Morgan fingerprint density at radius 1 is 1.23 bits per heavy atom. The third kappa shape index (κ3) is 6.59. The van der Waals surface area contributed by atoms with Crippen molar-refractivity contribution in [2.45, 2.75) is 33.8 Å². The van der Waals surface area contributed by atoms with Gasteiger partial charge in [0, 0.05) is 12.1 Å². The van der Waals surface area contributed by atoms with Crippen molar-refractivity contribution in [2.24, 2.45) is 5.92 Å². The zero-order chi connectivity index (χ0) is 18.9. The molecule has 26 heavy (non-hydrogen) atoms. The zero-order valence-corrected chi connectivity index (χ0v) is 15.4. The van der Waals surface area contributed by atoms with Crippen molar-refractivity contribution in [2.75, 3.05) is 6.61 Å². The Morgan fingerprint density at radius 3 is 2.62 bits per heavy atom. The molecule has 0 N–H and O–H groups in total. The molecule has 5 heteroatoms. The van der Waals surface area contributed by atoms with Crippen LogP contribution in [0.4, 0.5) is 0 Å². The molecule has 2 rings (SSSR count). The van der Waals surface area contributed by atoms with Gasteiger partial charge in [0.15, 0.2) is 0 Å². The molecule has 138 valence electrons. The summed E-state index contributed by atoms with van der Waals surface area (Å²) in [6.45, 7) is 6.50. The van der Waals surface area contributed by atoms with E-state index in [1.54, 1.807) is 6.08 Å². The molecule has 0 unspecified atom stereocenters. The van der Waals surface area contributed by atoms with Crippen LogP contribution in [0.1, 0.15) is 37.2 Å². The van der Waals surface area contributed by atoms with Gasteiger partial charge in [0.25, 0.3) is 0 Å². The van der Waals surface area contributed by atoms with Gasteiger partial charge in [-0.25, -0.2) is 4.79 Å². The van der Waals surface area contributed by atoms with E-state index in [0.29, 0.717) is 12.5 Å². The van der Waals surface area contributed by atoms with Crippen LogP contribution in [0.5, 0.6) is 5.75 Å². The van der Waals surface area contributed by atoms with E-state index >= 15 is 0 Å². The minimum Gasteiger partial charge on any atom is -0.487 e. The molecule has 2 aromatic rings. The van der Waals surface area contributed by atoms with Crippen LogP contribution in [0.25, 0.3) is 6.08 Å². The van der Waals surface area contributed by atoms with Crippen molar-refractivity contribution in [1.29, 1.82) is 0 Å². The number of esters is 1. The van der Waals surface area contributed by atoms with E-state index in [0.717, 1.165) is 17.5 Å². The number of carbonyl (C=O) groups excluding carboxylic acids is 1. The van der Waals surface area contributed by atoms with Gasteiger partial charge in [0.2, 0.25) is 11.2 Å². The van der Waals surface area contributed by atoms with Crippen molar-refractivity contribution in [1.82, 2.24) is 0 Å². The normalized spacial score (nSPS) is 11.1. The second-order valence-electron chi connectivity index (χ2n) is 6.46. The van der Waals surface area contributed by atoms with Crippen LogP contribution in [0.15, 0.2) is 51.9 Å². The summed E-state index contributed by atoms with van der Waals surface area (Å²) in [5, 5.41) is 0. The predicted octanol–water partition coefficient (Wildman–Crippen LogP) is 4.13. The molecule has 1 aromatic heterocycles. The van der Waals surface area contributed by atoms with Crippen LogP contribution in [-0.4, -0.2) is 12.6 Å². The average molecular weight is 356 g/mol. The monoisotopic (exact) mass is 356 g/mol. The smallest absolute Gasteiger partial charge is 0.331 e. The fourth-order valence-corrected chi connectivity index (χ4v) is 2.06. The highest BCUT2D eigenvalue weighted by Crippen LogP contribution is 2.10. The first kappa shape index (κ1) is 19.5. The molecule has 0 amide bonds. The summed E-state index contributed by atoms with van der Waals surface area (Å²) in [5.74, 6) is 0.419. The summed E-state index contributed by atoms with van der Waals surface area (Å²) in [6, 6.07) is 9.03. The zero-order valence-electron chi connectivity index (χ0n) is 15.4. The van der Waals surface area contributed by atoms with E-state index in [-0.39, 0.29) is 23.5 Å². The molecule has 1 heterocycles. The molecule has 0 aliphatic carbocycles. The van der Waals surface area contributed by atoms with Crippen LogP contribution < -0.4 is 10.2 Å². The molecule has 1 aromatic carbocycles. The van der Waals surface area contributed by atoms with Crippen LogP contribution in [0, 0.1) is 12.8 Å². The molecule has 0 aliphatic heterocycles. The lowest BCUT2D eigenvalue weighted by molar-refractivity contribution is -0.139. The van der Waals surface area contributed by atoms with Gasteiger partial charge >= 0.3 is 5.97 Å². The molecule has 0 radical (unpaired) electrons. The Kier molecular flexibility index (Phi) is 7.21. The van der Waals surface area contributed by atoms with Gasteiger partial charge in [0.1, 0.15) is 18.6 Å². The van der Waals surface area contributed by atoms with Gasteiger partial charge in [-0.2, -0.15) is 0 Å². The molecule has 0 saturated heterocycles. The van der Waals surface area contributed by atoms with Crippen LogP contribution >= 0.6 is 0 Å². The number of hydrogen-bond acceptors (Lipinski definition) is 5. The molecule has 0 spiro atoms. The van der Waals surface area contributed by atoms with E-state index < -0.39 is 5.97 Å². The van der Waals surface area contributed by atoms with Gasteiger partial charge in [-0.05, 0) is 30.9 Å². The fourth-order valence-electron chi connectivity index (χ4n) is 2.06. The van der Waals surface area contributed by atoms with Crippen molar-refractivity contribution >= 4 is 12.0 Å². The average Bonchev–Trinajstić information content (AvgIpc) is 2.61. The third-order valence-corrected chi connectivity index (χ3v) is 3.65. The van der Waals surface area contributed by atoms with E-state index in [1.807, 2.05) is 31.2 Å². The molecule has 0 atom stereocenters. The Labute approximate surface area is 153 Å². The lowest BCUT2D eigenvalue weighted by Crippen LogP contribution is -2.11. The molecule has 0 fully saturated rings. The summed E-state index contributed by atoms with van der Waals surface area (Å²) in [6.07, 6.45) is 5.12. The first-order valence-electron chi connectivity index (χ1n) is 8.60. The van der Waals surface area contributed by atoms with E-state index in [2.05, 4.69) is 13.8 Å². The molecule has 0 aliphatic rings. The van der Waals surface area contributed by atoms with Gasteiger partial charge in [-0.15, -0.1) is 0 Å². The number of hydrogen-bond donors (Lipinski definition) is 0.